The molecular weight excluding hydrogens is 340 g/mol. The molecule has 27 heavy (non-hydrogen) atoms. The molecule has 2 saturated heterocycles. The molecule has 2 aromatic rings. The van der Waals surface area contributed by atoms with Gasteiger partial charge in [0.15, 0.2) is 0 Å². The van der Waals surface area contributed by atoms with Crippen LogP contribution in [0, 0.1) is 18.3 Å². The number of aliphatic hydroxyl groups is 1. The van der Waals surface area contributed by atoms with E-state index in [0.29, 0.717) is 0 Å². The number of hydrogen-bond acceptors (Lipinski definition) is 5. The molecule has 142 valence electrons. The van der Waals surface area contributed by atoms with Gasteiger partial charge >= 0.3 is 0 Å². The molecule has 2 fully saturated rings. The van der Waals surface area contributed by atoms with Crippen LogP contribution in [0.3, 0.4) is 0 Å². The zero-order valence-corrected chi connectivity index (χ0v) is 15.7. The summed E-state index contributed by atoms with van der Waals surface area (Å²) >= 11 is 0. The number of aryl methyl sites for hydroxylation is 1. The molecule has 0 radical (unpaired) electrons. The summed E-state index contributed by atoms with van der Waals surface area (Å²) in [5.74, 6) is 1.04. The van der Waals surface area contributed by atoms with Gasteiger partial charge in [-0.1, -0.05) is 18.2 Å². The van der Waals surface area contributed by atoms with Crippen molar-refractivity contribution in [3.63, 3.8) is 0 Å². The van der Waals surface area contributed by atoms with Crippen LogP contribution in [0.25, 0.3) is 0 Å². The van der Waals surface area contributed by atoms with Crippen molar-refractivity contribution in [3.8, 4) is 0 Å². The monoisotopic (exact) mass is 366 g/mol. The van der Waals surface area contributed by atoms with Gasteiger partial charge < -0.3 is 14.9 Å². The number of anilines is 1. The number of likely N-dealkylation sites (tertiary alicyclic amines) is 1. The van der Waals surface area contributed by atoms with Gasteiger partial charge in [0.1, 0.15) is 0 Å². The summed E-state index contributed by atoms with van der Waals surface area (Å²) in [7, 11) is 0. The van der Waals surface area contributed by atoms with E-state index in [9.17, 15) is 9.90 Å². The molecule has 0 saturated carbocycles. The van der Waals surface area contributed by atoms with Crippen molar-refractivity contribution in [1.29, 1.82) is 0 Å². The number of amides is 1. The molecule has 6 nitrogen and oxygen atoms in total. The van der Waals surface area contributed by atoms with Crippen LogP contribution in [0.5, 0.6) is 0 Å². The standard InChI is InChI=1S/C21H26N4O2/c1-16-5-2-3-6-18(16)19(27)24-11-7-21(8-12-24)15-25(13-17(21)14-26)20-22-9-4-10-23-20/h2-6,9-10,17,26H,7-8,11-15H2,1H3. The van der Waals surface area contributed by atoms with Gasteiger partial charge in [0, 0.05) is 56.7 Å². The summed E-state index contributed by atoms with van der Waals surface area (Å²) in [6.45, 7) is 5.21. The lowest BCUT2D eigenvalue weighted by atomic mass is 9.71. The molecule has 0 aliphatic carbocycles. The fraction of sp³-hybridized carbons (Fsp3) is 0.476. The summed E-state index contributed by atoms with van der Waals surface area (Å²) in [6, 6.07) is 9.58. The first kappa shape index (κ1) is 17.9. The lowest BCUT2D eigenvalue weighted by Gasteiger charge is -2.42. The van der Waals surface area contributed by atoms with Crippen LogP contribution in [-0.4, -0.2) is 58.7 Å². The number of nitrogens with zero attached hydrogens (tertiary/aromatic N) is 4. The topological polar surface area (TPSA) is 69.6 Å². The van der Waals surface area contributed by atoms with E-state index in [0.717, 1.165) is 56.1 Å². The van der Waals surface area contributed by atoms with Crippen LogP contribution in [0.2, 0.25) is 0 Å². The van der Waals surface area contributed by atoms with Gasteiger partial charge in [0.25, 0.3) is 5.91 Å². The molecule has 6 heteroatoms. The Labute approximate surface area is 159 Å². The van der Waals surface area contributed by atoms with E-state index in [4.69, 9.17) is 0 Å². The minimum absolute atomic E-state index is 0.0243. The van der Waals surface area contributed by atoms with Crippen molar-refractivity contribution >= 4 is 11.9 Å². The lowest BCUT2D eigenvalue weighted by Crippen LogP contribution is -2.47. The van der Waals surface area contributed by atoms with Gasteiger partial charge in [-0.3, -0.25) is 4.79 Å². The molecule has 1 aromatic heterocycles. The molecule has 1 atom stereocenters. The number of aromatic nitrogens is 2. The third-order valence-electron chi connectivity index (χ3n) is 6.29. The van der Waals surface area contributed by atoms with E-state index < -0.39 is 0 Å². The predicted molar refractivity (Wildman–Crippen MR) is 104 cm³/mol. The van der Waals surface area contributed by atoms with Crippen molar-refractivity contribution < 1.29 is 9.90 Å². The third kappa shape index (κ3) is 3.30. The van der Waals surface area contributed by atoms with E-state index >= 15 is 0 Å². The van der Waals surface area contributed by atoms with E-state index in [1.54, 1.807) is 12.4 Å². The molecule has 2 aliphatic heterocycles. The molecule has 4 rings (SSSR count). The average Bonchev–Trinajstić information content (AvgIpc) is 3.07. The summed E-state index contributed by atoms with van der Waals surface area (Å²) in [6.07, 6.45) is 5.31. The quantitative estimate of drug-likeness (QED) is 0.901. The Morgan fingerprint density at radius 1 is 1.19 bits per heavy atom. The average molecular weight is 366 g/mol. The van der Waals surface area contributed by atoms with Gasteiger partial charge in [-0.15, -0.1) is 0 Å². The Morgan fingerprint density at radius 3 is 2.56 bits per heavy atom. The van der Waals surface area contributed by atoms with Crippen LogP contribution >= 0.6 is 0 Å². The first-order valence-corrected chi connectivity index (χ1v) is 9.61. The normalized spacial score (nSPS) is 21.6. The van der Waals surface area contributed by atoms with Crippen molar-refractivity contribution in [2.45, 2.75) is 19.8 Å². The fourth-order valence-corrected chi connectivity index (χ4v) is 4.60. The Kier molecular flexibility index (Phi) is 4.83. The second-order valence-corrected chi connectivity index (χ2v) is 7.78. The van der Waals surface area contributed by atoms with Crippen LogP contribution in [0.1, 0.15) is 28.8 Å². The Bertz CT molecular complexity index is 803. The molecule has 0 bridgehead atoms. The maximum Gasteiger partial charge on any atom is 0.254 e. The molecule has 1 spiro atoms. The van der Waals surface area contributed by atoms with E-state index in [2.05, 4.69) is 14.9 Å². The minimum Gasteiger partial charge on any atom is -0.396 e. The zero-order chi connectivity index (χ0) is 18.9. The number of hydrogen-bond donors (Lipinski definition) is 1. The minimum atomic E-state index is 0.0243. The first-order valence-electron chi connectivity index (χ1n) is 9.61. The molecule has 1 amide bonds. The Balaban J connectivity index is 1.47. The van der Waals surface area contributed by atoms with Crippen LogP contribution < -0.4 is 4.90 Å². The molecular formula is C21H26N4O2. The molecule has 2 aliphatic rings. The molecule has 1 aromatic carbocycles. The maximum atomic E-state index is 12.9. The Hall–Kier alpha value is -2.47. The summed E-state index contributed by atoms with van der Waals surface area (Å²) in [5.41, 5.74) is 1.83. The second-order valence-electron chi connectivity index (χ2n) is 7.78. The third-order valence-corrected chi connectivity index (χ3v) is 6.29. The van der Waals surface area contributed by atoms with E-state index in [-0.39, 0.29) is 23.8 Å². The van der Waals surface area contributed by atoms with Gasteiger partial charge in [-0.2, -0.15) is 0 Å². The predicted octanol–water partition coefficient (Wildman–Crippen LogP) is 2.14. The lowest BCUT2D eigenvalue weighted by molar-refractivity contribution is 0.0415. The van der Waals surface area contributed by atoms with E-state index in [1.165, 1.54) is 0 Å². The van der Waals surface area contributed by atoms with Gasteiger partial charge in [0.05, 0.1) is 0 Å². The summed E-state index contributed by atoms with van der Waals surface area (Å²) in [4.78, 5) is 25.8. The molecule has 3 heterocycles. The van der Waals surface area contributed by atoms with Crippen LogP contribution in [0.15, 0.2) is 42.7 Å². The summed E-state index contributed by atoms with van der Waals surface area (Å²) < 4.78 is 0. The van der Waals surface area contributed by atoms with Crippen LogP contribution in [0.4, 0.5) is 5.95 Å². The van der Waals surface area contributed by atoms with E-state index in [1.807, 2.05) is 42.2 Å². The van der Waals surface area contributed by atoms with Gasteiger partial charge in [-0.25, -0.2) is 9.97 Å². The largest absolute Gasteiger partial charge is 0.396 e. The highest BCUT2D eigenvalue weighted by Crippen LogP contribution is 2.45. The van der Waals surface area contributed by atoms with Crippen molar-refractivity contribution in [2.24, 2.45) is 11.3 Å². The highest BCUT2D eigenvalue weighted by Gasteiger charge is 2.48. The smallest absolute Gasteiger partial charge is 0.254 e. The number of piperidine rings is 1. The number of aliphatic hydroxyl groups excluding tert-OH is 1. The number of carbonyl (C=O) groups excluding carboxylic acids is 1. The highest BCUT2D eigenvalue weighted by molar-refractivity contribution is 5.95. The molecule has 1 unspecified atom stereocenters. The fourth-order valence-electron chi connectivity index (χ4n) is 4.60. The highest BCUT2D eigenvalue weighted by atomic mass is 16.3. The Morgan fingerprint density at radius 2 is 1.89 bits per heavy atom. The SMILES string of the molecule is Cc1ccccc1C(=O)N1CCC2(CC1)CN(c1ncccn1)CC2CO. The zero-order valence-electron chi connectivity index (χ0n) is 15.7. The van der Waals surface area contributed by atoms with Crippen molar-refractivity contribution in [2.75, 3.05) is 37.7 Å². The second kappa shape index (κ2) is 7.27. The maximum absolute atomic E-state index is 12.9. The number of benzene rings is 1. The van der Waals surface area contributed by atoms with Crippen molar-refractivity contribution in [1.82, 2.24) is 14.9 Å². The number of carbonyl (C=O) groups is 1. The van der Waals surface area contributed by atoms with Gasteiger partial charge in [0.2, 0.25) is 5.95 Å². The van der Waals surface area contributed by atoms with Crippen LogP contribution in [-0.2, 0) is 0 Å². The van der Waals surface area contributed by atoms with Gasteiger partial charge in [-0.05, 0) is 42.9 Å². The first-order chi connectivity index (χ1) is 13.1. The number of rotatable bonds is 3. The van der Waals surface area contributed by atoms with Crippen molar-refractivity contribution in [3.05, 3.63) is 53.9 Å². The molecule has 1 N–H and O–H groups in total. The summed E-state index contributed by atoms with van der Waals surface area (Å²) in [5, 5.41) is 9.99.